The predicted molar refractivity (Wildman–Crippen MR) is 66.6 cm³/mol. The van der Waals surface area contributed by atoms with E-state index in [0.717, 1.165) is 10.6 Å². The summed E-state index contributed by atoms with van der Waals surface area (Å²) in [6, 6.07) is 0. The highest BCUT2D eigenvalue weighted by Crippen LogP contribution is 2.29. The predicted octanol–water partition coefficient (Wildman–Crippen LogP) is 4.11. The Labute approximate surface area is 101 Å². The van der Waals surface area contributed by atoms with Gasteiger partial charge in [0.2, 0.25) is 5.28 Å². The average Bonchev–Trinajstić information content (AvgIpc) is 2.22. The smallest absolute Gasteiger partial charge is 0.223 e. The van der Waals surface area contributed by atoms with E-state index < -0.39 is 0 Å². The van der Waals surface area contributed by atoms with Gasteiger partial charge < -0.3 is 0 Å². The van der Waals surface area contributed by atoms with Crippen molar-refractivity contribution >= 4 is 23.4 Å². The number of nitrogens with zero attached hydrogens (tertiary/aromatic N) is 2. The van der Waals surface area contributed by atoms with Gasteiger partial charge in [-0.2, -0.15) is 0 Å². The topological polar surface area (TPSA) is 25.8 Å². The number of aryl methyl sites for hydroxylation is 1. The summed E-state index contributed by atoms with van der Waals surface area (Å²) in [5.74, 6) is 0. The summed E-state index contributed by atoms with van der Waals surface area (Å²) < 4.78 is 0. The number of rotatable bonds is 5. The molecular formula is C11H17ClN2S. The van der Waals surface area contributed by atoms with Crippen molar-refractivity contribution in [2.75, 3.05) is 0 Å². The van der Waals surface area contributed by atoms with Crippen LogP contribution in [0.4, 0.5) is 0 Å². The van der Waals surface area contributed by atoms with E-state index in [0.29, 0.717) is 10.5 Å². The van der Waals surface area contributed by atoms with Gasteiger partial charge in [0.1, 0.15) is 5.03 Å². The number of aromatic nitrogens is 2. The van der Waals surface area contributed by atoms with E-state index in [-0.39, 0.29) is 0 Å². The maximum Gasteiger partial charge on any atom is 0.223 e. The van der Waals surface area contributed by atoms with Crippen molar-refractivity contribution in [1.29, 1.82) is 0 Å². The third-order valence-electron chi connectivity index (χ3n) is 2.24. The molecule has 0 aliphatic heterocycles. The van der Waals surface area contributed by atoms with E-state index in [1.165, 1.54) is 19.3 Å². The van der Waals surface area contributed by atoms with Crippen LogP contribution < -0.4 is 0 Å². The van der Waals surface area contributed by atoms with Crippen LogP contribution in [0, 0.1) is 6.92 Å². The monoisotopic (exact) mass is 244 g/mol. The van der Waals surface area contributed by atoms with E-state index >= 15 is 0 Å². The molecule has 0 bridgehead atoms. The molecule has 0 fully saturated rings. The van der Waals surface area contributed by atoms with Crippen LogP contribution in [0.15, 0.2) is 11.2 Å². The van der Waals surface area contributed by atoms with Crippen molar-refractivity contribution < 1.29 is 0 Å². The van der Waals surface area contributed by atoms with Crippen molar-refractivity contribution in [2.45, 2.75) is 50.3 Å². The molecule has 84 valence electrons. The summed E-state index contributed by atoms with van der Waals surface area (Å²) in [4.78, 5) is 8.22. The van der Waals surface area contributed by atoms with E-state index in [9.17, 15) is 0 Å². The van der Waals surface area contributed by atoms with Crippen molar-refractivity contribution in [3.8, 4) is 0 Å². The highest BCUT2D eigenvalue weighted by Gasteiger charge is 2.11. The summed E-state index contributed by atoms with van der Waals surface area (Å²) >= 11 is 7.60. The lowest BCUT2D eigenvalue weighted by Gasteiger charge is -2.13. The van der Waals surface area contributed by atoms with Crippen LogP contribution in [0.5, 0.6) is 0 Å². The van der Waals surface area contributed by atoms with Gasteiger partial charge in [0, 0.05) is 11.4 Å². The average molecular weight is 245 g/mol. The summed E-state index contributed by atoms with van der Waals surface area (Å²) in [6.07, 6.45) is 5.39. The fourth-order valence-corrected chi connectivity index (χ4v) is 2.75. The van der Waals surface area contributed by atoms with Gasteiger partial charge in [-0.15, -0.1) is 11.8 Å². The lowest BCUT2D eigenvalue weighted by molar-refractivity contribution is 0.717. The Kier molecular flexibility index (Phi) is 5.40. The highest BCUT2D eigenvalue weighted by atomic mass is 35.5. The van der Waals surface area contributed by atoms with Gasteiger partial charge in [0.05, 0.1) is 0 Å². The third kappa shape index (κ3) is 3.99. The molecule has 0 spiro atoms. The largest absolute Gasteiger partial charge is 0.226 e. The summed E-state index contributed by atoms with van der Waals surface area (Å²) in [7, 11) is 0. The maximum atomic E-state index is 5.78. The zero-order valence-corrected chi connectivity index (χ0v) is 11.0. The van der Waals surface area contributed by atoms with Crippen LogP contribution in [0.2, 0.25) is 5.28 Å². The molecule has 4 heteroatoms. The molecule has 1 rings (SSSR count). The van der Waals surface area contributed by atoms with E-state index in [1.54, 1.807) is 6.20 Å². The van der Waals surface area contributed by atoms with Gasteiger partial charge in [0.15, 0.2) is 0 Å². The van der Waals surface area contributed by atoms with Crippen LogP contribution in [-0.4, -0.2) is 15.2 Å². The minimum Gasteiger partial charge on any atom is -0.226 e. The normalized spacial score (nSPS) is 12.8. The number of thioether (sulfide) groups is 1. The van der Waals surface area contributed by atoms with Crippen molar-refractivity contribution in [1.82, 2.24) is 9.97 Å². The lowest BCUT2D eigenvalue weighted by atomic mass is 10.2. The fourth-order valence-electron chi connectivity index (χ4n) is 1.35. The SMILES string of the molecule is CCCC(CC)Sc1nc(Cl)ncc1C. The van der Waals surface area contributed by atoms with E-state index in [1.807, 2.05) is 18.7 Å². The molecule has 1 aromatic heterocycles. The fraction of sp³-hybridized carbons (Fsp3) is 0.636. The Hall–Kier alpha value is -0.280. The standard InChI is InChI=1S/C11H17ClN2S/c1-4-6-9(5-2)15-10-8(3)7-13-11(12)14-10/h7,9H,4-6H2,1-3H3. The second-order valence-electron chi connectivity index (χ2n) is 3.56. The molecule has 0 aliphatic carbocycles. The van der Waals surface area contributed by atoms with E-state index in [2.05, 4.69) is 23.8 Å². The van der Waals surface area contributed by atoms with Crippen molar-refractivity contribution in [3.63, 3.8) is 0 Å². The molecule has 0 amide bonds. The van der Waals surface area contributed by atoms with Gasteiger partial charge >= 0.3 is 0 Å². The zero-order valence-electron chi connectivity index (χ0n) is 9.46. The Morgan fingerprint density at radius 1 is 1.47 bits per heavy atom. The first-order valence-corrected chi connectivity index (χ1v) is 6.58. The zero-order chi connectivity index (χ0) is 11.3. The minimum absolute atomic E-state index is 0.342. The Morgan fingerprint density at radius 2 is 2.20 bits per heavy atom. The number of halogens is 1. The molecule has 2 nitrogen and oxygen atoms in total. The van der Waals surface area contributed by atoms with Crippen LogP contribution >= 0.6 is 23.4 Å². The molecule has 0 N–H and O–H groups in total. The summed E-state index contributed by atoms with van der Waals surface area (Å²) in [5.41, 5.74) is 1.11. The van der Waals surface area contributed by atoms with Crippen LogP contribution in [0.1, 0.15) is 38.7 Å². The van der Waals surface area contributed by atoms with Crippen LogP contribution in [0.25, 0.3) is 0 Å². The van der Waals surface area contributed by atoms with Crippen molar-refractivity contribution in [2.24, 2.45) is 0 Å². The van der Waals surface area contributed by atoms with Gasteiger partial charge in [-0.05, 0) is 36.9 Å². The third-order valence-corrected chi connectivity index (χ3v) is 3.96. The molecule has 0 aliphatic rings. The molecule has 0 aromatic carbocycles. The first-order chi connectivity index (χ1) is 7.17. The van der Waals surface area contributed by atoms with Crippen molar-refractivity contribution in [3.05, 3.63) is 17.0 Å². The quantitative estimate of drug-likeness (QED) is 0.443. The van der Waals surface area contributed by atoms with Gasteiger partial charge in [-0.3, -0.25) is 0 Å². The van der Waals surface area contributed by atoms with Gasteiger partial charge in [-0.1, -0.05) is 20.3 Å². The number of hydrogen-bond donors (Lipinski definition) is 0. The molecule has 0 radical (unpaired) electrons. The Bertz CT molecular complexity index is 317. The van der Waals surface area contributed by atoms with Crippen LogP contribution in [-0.2, 0) is 0 Å². The molecular weight excluding hydrogens is 228 g/mol. The molecule has 1 atom stereocenters. The molecule has 1 aromatic rings. The Morgan fingerprint density at radius 3 is 2.80 bits per heavy atom. The molecule has 0 saturated carbocycles. The van der Waals surface area contributed by atoms with Gasteiger partial charge in [-0.25, -0.2) is 9.97 Å². The first-order valence-electron chi connectivity index (χ1n) is 5.33. The molecule has 1 unspecified atom stereocenters. The Balaban J connectivity index is 2.73. The maximum absolute atomic E-state index is 5.78. The second-order valence-corrected chi connectivity index (χ2v) is 5.19. The second kappa shape index (κ2) is 6.33. The first kappa shape index (κ1) is 12.8. The molecule has 0 saturated heterocycles. The number of hydrogen-bond acceptors (Lipinski definition) is 3. The highest BCUT2D eigenvalue weighted by molar-refractivity contribution is 7.99. The van der Waals surface area contributed by atoms with Crippen LogP contribution in [0.3, 0.4) is 0 Å². The molecule has 15 heavy (non-hydrogen) atoms. The lowest BCUT2D eigenvalue weighted by Crippen LogP contribution is -2.02. The summed E-state index contributed by atoms with van der Waals surface area (Å²) in [5, 5.41) is 2.00. The van der Waals surface area contributed by atoms with Gasteiger partial charge in [0.25, 0.3) is 0 Å². The summed E-state index contributed by atoms with van der Waals surface area (Å²) in [6.45, 7) is 6.45. The molecule has 1 heterocycles. The minimum atomic E-state index is 0.342. The van der Waals surface area contributed by atoms with E-state index in [4.69, 9.17) is 11.6 Å².